The monoisotopic (exact) mass is 355 g/mol. The van der Waals surface area contributed by atoms with E-state index in [-0.39, 0.29) is 5.78 Å². The van der Waals surface area contributed by atoms with Crippen molar-refractivity contribution in [3.63, 3.8) is 0 Å². The molecule has 3 rings (SSSR count). The lowest BCUT2D eigenvalue weighted by Gasteiger charge is -2.19. The average molecular weight is 355 g/mol. The van der Waals surface area contributed by atoms with Crippen LogP contribution in [-0.2, 0) is 6.54 Å². The molecule has 136 valence electrons. The summed E-state index contributed by atoms with van der Waals surface area (Å²) in [6.07, 6.45) is 2.01. The van der Waals surface area contributed by atoms with Crippen LogP contribution in [0, 0.1) is 6.92 Å². The van der Waals surface area contributed by atoms with Crippen LogP contribution in [0.25, 0.3) is 6.08 Å². The Balaban J connectivity index is 1.85. The zero-order valence-electron chi connectivity index (χ0n) is 15.9. The lowest BCUT2D eigenvalue weighted by atomic mass is 10.00. The first-order valence-corrected chi connectivity index (χ1v) is 9.21. The third-order valence-corrected chi connectivity index (χ3v) is 4.48. The molecule has 0 aliphatic heterocycles. The van der Waals surface area contributed by atoms with E-state index < -0.39 is 0 Å². The molecular weight excluding hydrogens is 330 g/mol. The van der Waals surface area contributed by atoms with E-state index in [2.05, 4.69) is 48.2 Å². The Morgan fingerprint density at radius 2 is 1.44 bits per heavy atom. The second-order valence-electron chi connectivity index (χ2n) is 6.93. The number of Topliss-reactive ketones (excluding diaryl/α,β-unsaturated/α-hetero) is 1. The molecule has 2 nitrogen and oxygen atoms in total. The summed E-state index contributed by atoms with van der Waals surface area (Å²) in [6, 6.07) is 28.1. The van der Waals surface area contributed by atoms with Crippen LogP contribution in [0.4, 0.5) is 0 Å². The van der Waals surface area contributed by atoms with Crippen molar-refractivity contribution in [2.45, 2.75) is 13.5 Å². The van der Waals surface area contributed by atoms with Crippen molar-refractivity contribution in [2.24, 2.45) is 0 Å². The van der Waals surface area contributed by atoms with E-state index in [1.54, 1.807) is 0 Å². The molecule has 0 saturated heterocycles. The number of likely N-dealkylation sites (N-methyl/N-ethyl adjacent to an activating group) is 1. The number of carbonyl (C=O) groups excluding carboxylic acids is 1. The Labute approximate surface area is 161 Å². The van der Waals surface area contributed by atoms with Gasteiger partial charge in [-0.05, 0) is 31.2 Å². The molecular formula is C25H25NO. The summed E-state index contributed by atoms with van der Waals surface area (Å²) in [7, 11) is 2.05. The number of benzene rings is 3. The first kappa shape index (κ1) is 18.8. The number of nitrogens with zero attached hydrogens (tertiary/aromatic N) is 1. The zero-order valence-corrected chi connectivity index (χ0v) is 15.9. The van der Waals surface area contributed by atoms with E-state index in [1.807, 2.05) is 61.7 Å². The van der Waals surface area contributed by atoms with E-state index in [0.29, 0.717) is 6.54 Å². The first-order chi connectivity index (χ1) is 13.1. The Morgan fingerprint density at radius 1 is 0.852 bits per heavy atom. The molecule has 0 bridgehead atoms. The van der Waals surface area contributed by atoms with Crippen molar-refractivity contribution >= 4 is 11.9 Å². The van der Waals surface area contributed by atoms with Crippen LogP contribution >= 0.6 is 0 Å². The van der Waals surface area contributed by atoms with Crippen molar-refractivity contribution in [2.75, 3.05) is 13.6 Å². The van der Waals surface area contributed by atoms with Crippen LogP contribution in [0.5, 0.6) is 0 Å². The van der Waals surface area contributed by atoms with Crippen LogP contribution < -0.4 is 0 Å². The van der Waals surface area contributed by atoms with Gasteiger partial charge in [0.1, 0.15) is 0 Å². The Morgan fingerprint density at radius 3 is 2.07 bits per heavy atom. The van der Waals surface area contributed by atoms with Gasteiger partial charge in [-0.3, -0.25) is 9.69 Å². The lowest BCUT2D eigenvalue weighted by molar-refractivity contribution is 0.102. The van der Waals surface area contributed by atoms with Gasteiger partial charge in [0.2, 0.25) is 0 Å². The third kappa shape index (κ3) is 5.50. The molecule has 0 N–H and O–H groups in total. The molecule has 0 saturated carbocycles. The van der Waals surface area contributed by atoms with Gasteiger partial charge in [0.05, 0.1) is 0 Å². The highest BCUT2D eigenvalue weighted by molar-refractivity contribution is 6.11. The van der Waals surface area contributed by atoms with Crippen LogP contribution in [0.2, 0.25) is 0 Å². The fraction of sp³-hybridized carbons (Fsp3) is 0.160. The summed E-state index contributed by atoms with van der Waals surface area (Å²) < 4.78 is 0. The highest BCUT2D eigenvalue weighted by Gasteiger charge is 2.14. The largest absolute Gasteiger partial charge is 0.298 e. The van der Waals surface area contributed by atoms with Gasteiger partial charge in [0, 0.05) is 24.2 Å². The van der Waals surface area contributed by atoms with Crippen LogP contribution in [0.3, 0.4) is 0 Å². The summed E-state index contributed by atoms with van der Waals surface area (Å²) >= 11 is 0. The highest BCUT2D eigenvalue weighted by atomic mass is 16.1. The molecule has 0 aromatic heterocycles. The predicted molar refractivity (Wildman–Crippen MR) is 113 cm³/mol. The number of hydrogen-bond acceptors (Lipinski definition) is 2. The molecule has 0 radical (unpaired) electrons. The van der Waals surface area contributed by atoms with Crippen molar-refractivity contribution < 1.29 is 4.79 Å². The van der Waals surface area contributed by atoms with Gasteiger partial charge < -0.3 is 0 Å². The molecule has 0 unspecified atom stereocenters. The Hall–Kier alpha value is -2.97. The smallest absolute Gasteiger partial charge is 0.190 e. The molecule has 0 spiro atoms. The van der Waals surface area contributed by atoms with E-state index in [9.17, 15) is 4.79 Å². The molecule has 27 heavy (non-hydrogen) atoms. The SMILES string of the molecule is Cc1ccc(/C=C(\CN(C)Cc2ccccc2)C(=O)c2ccccc2)cc1. The molecule has 3 aromatic rings. The lowest BCUT2D eigenvalue weighted by Crippen LogP contribution is -2.24. The van der Waals surface area contributed by atoms with Gasteiger partial charge >= 0.3 is 0 Å². The van der Waals surface area contributed by atoms with E-state index in [0.717, 1.165) is 23.2 Å². The Bertz CT molecular complexity index is 896. The first-order valence-electron chi connectivity index (χ1n) is 9.21. The normalized spacial score (nSPS) is 11.6. The van der Waals surface area contributed by atoms with Gasteiger partial charge in [0.15, 0.2) is 5.78 Å². The van der Waals surface area contributed by atoms with Gasteiger partial charge in [-0.15, -0.1) is 0 Å². The minimum atomic E-state index is 0.0797. The summed E-state index contributed by atoms with van der Waals surface area (Å²) in [5.74, 6) is 0.0797. The fourth-order valence-corrected chi connectivity index (χ4v) is 3.06. The Kier molecular flexibility index (Phi) is 6.35. The molecule has 2 heteroatoms. The van der Waals surface area contributed by atoms with Crippen LogP contribution in [-0.4, -0.2) is 24.3 Å². The van der Waals surface area contributed by atoms with Crippen molar-refractivity contribution in [1.29, 1.82) is 0 Å². The van der Waals surface area contributed by atoms with E-state index >= 15 is 0 Å². The minimum Gasteiger partial charge on any atom is -0.298 e. The average Bonchev–Trinajstić information content (AvgIpc) is 2.70. The topological polar surface area (TPSA) is 20.3 Å². The maximum Gasteiger partial charge on any atom is 0.190 e. The highest BCUT2D eigenvalue weighted by Crippen LogP contribution is 2.16. The number of rotatable bonds is 7. The molecule has 0 aliphatic carbocycles. The second kappa shape index (κ2) is 9.11. The van der Waals surface area contributed by atoms with Gasteiger partial charge in [-0.1, -0.05) is 90.5 Å². The van der Waals surface area contributed by atoms with Crippen molar-refractivity contribution in [3.05, 3.63) is 113 Å². The van der Waals surface area contributed by atoms with Crippen molar-refractivity contribution in [3.8, 4) is 0 Å². The molecule has 0 heterocycles. The number of hydrogen-bond donors (Lipinski definition) is 0. The van der Waals surface area contributed by atoms with Crippen molar-refractivity contribution in [1.82, 2.24) is 4.90 Å². The zero-order chi connectivity index (χ0) is 19.1. The number of aryl methyl sites for hydroxylation is 1. The van der Waals surface area contributed by atoms with Gasteiger partial charge in [-0.2, -0.15) is 0 Å². The number of carbonyl (C=O) groups is 1. The maximum atomic E-state index is 13.1. The fourth-order valence-electron chi connectivity index (χ4n) is 3.06. The summed E-state index contributed by atoms with van der Waals surface area (Å²) in [5, 5.41) is 0. The predicted octanol–water partition coefficient (Wildman–Crippen LogP) is 5.39. The van der Waals surface area contributed by atoms with Gasteiger partial charge in [-0.25, -0.2) is 0 Å². The molecule has 0 amide bonds. The minimum absolute atomic E-state index is 0.0797. The second-order valence-corrected chi connectivity index (χ2v) is 6.93. The molecule has 0 aliphatic rings. The van der Waals surface area contributed by atoms with E-state index in [4.69, 9.17) is 0 Å². The standard InChI is InChI=1S/C25H25NO/c1-20-13-15-21(16-14-20)17-24(25(27)23-11-7-4-8-12-23)19-26(2)18-22-9-5-3-6-10-22/h3-17H,18-19H2,1-2H3/b24-17+. The number of ketones is 1. The van der Waals surface area contributed by atoms with Gasteiger partial charge in [0.25, 0.3) is 0 Å². The summed E-state index contributed by atoms with van der Waals surface area (Å²) in [6.45, 7) is 3.46. The van der Waals surface area contributed by atoms with E-state index in [1.165, 1.54) is 11.1 Å². The quantitative estimate of drug-likeness (QED) is 0.418. The molecule has 3 aromatic carbocycles. The summed E-state index contributed by atoms with van der Waals surface area (Å²) in [4.78, 5) is 15.3. The maximum absolute atomic E-state index is 13.1. The van der Waals surface area contributed by atoms with Crippen LogP contribution in [0.15, 0.2) is 90.5 Å². The molecule has 0 atom stereocenters. The molecule has 0 fully saturated rings. The summed E-state index contributed by atoms with van der Waals surface area (Å²) in [5.41, 5.74) is 5.02. The third-order valence-electron chi connectivity index (χ3n) is 4.48. The van der Waals surface area contributed by atoms with Crippen LogP contribution in [0.1, 0.15) is 27.0 Å².